The number of anilines is 4. The molecule has 7 rings (SSSR count). The van der Waals surface area contributed by atoms with Gasteiger partial charge in [-0.25, -0.2) is 4.79 Å². The second-order valence-corrected chi connectivity index (χ2v) is 19.3. The van der Waals surface area contributed by atoms with Gasteiger partial charge in [0.15, 0.2) is 0 Å². The van der Waals surface area contributed by atoms with Crippen molar-refractivity contribution in [2.75, 3.05) is 43.8 Å². The van der Waals surface area contributed by atoms with Crippen LogP contribution in [0.3, 0.4) is 0 Å². The lowest BCUT2D eigenvalue weighted by Gasteiger charge is -2.17. The van der Waals surface area contributed by atoms with Crippen LogP contribution >= 0.6 is 0 Å². The summed E-state index contributed by atoms with van der Waals surface area (Å²) in [4.78, 5) is 12.7. The number of rotatable bonds is 15. The molecule has 72 heavy (non-hydrogen) atoms. The first-order chi connectivity index (χ1) is 34.1. The SMILES string of the molecule is CCCOC(=O)c1cc(Cc2cc(C)c(N)c(C)c2)c(O)c(Cc2cc(C)c(N)c(C)c2)c1.COc1cc(Cc2cc(C)c(N)c(C)c2)c(O)c(Cc2cc(OC)cc(Cc3cc(C)c(N)c(C)c3)c2O)c1. The number of hydrogen-bond donors (Lipinski definition) is 7. The van der Waals surface area contributed by atoms with E-state index in [0.29, 0.717) is 78.0 Å². The number of carbonyl (C=O) groups is 1. The third-order valence-electron chi connectivity index (χ3n) is 13.5. The van der Waals surface area contributed by atoms with Crippen LogP contribution in [0.25, 0.3) is 0 Å². The van der Waals surface area contributed by atoms with Gasteiger partial charge >= 0.3 is 5.97 Å². The second-order valence-electron chi connectivity index (χ2n) is 19.3. The van der Waals surface area contributed by atoms with E-state index in [9.17, 15) is 20.1 Å². The van der Waals surface area contributed by atoms with Crippen molar-refractivity contribution in [2.45, 2.75) is 101 Å². The minimum absolute atomic E-state index is 0.177. The average molecular weight is 973 g/mol. The Balaban J connectivity index is 0.000000239. The topological polar surface area (TPSA) is 210 Å². The number of aromatic hydroxyl groups is 3. The van der Waals surface area contributed by atoms with E-state index in [2.05, 4.69) is 0 Å². The molecule has 0 atom stereocenters. The van der Waals surface area contributed by atoms with Crippen LogP contribution in [0.1, 0.15) is 124 Å². The van der Waals surface area contributed by atoms with Crippen LogP contribution in [0.4, 0.5) is 22.7 Å². The van der Waals surface area contributed by atoms with Crippen molar-refractivity contribution in [1.29, 1.82) is 0 Å². The lowest BCUT2D eigenvalue weighted by Crippen LogP contribution is -2.08. The van der Waals surface area contributed by atoms with E-state index in [1.165, 1.54) is 0 Å². The van der Waals surface area contributed by atoms with Crippen LogP contribution in [-0.2, 0) is 36.8 Å². The summed E-state index contributed by atoms with van der Waals surface area (Å²) in [6.45, 7) is 18.1. The molecule has 0 unspecified atom stereocenters. The summed E-state index contributed by atoms with van der Waals surface area (Å²) in [5.74, 6) is 1.44. The van der Waals surface area contributed by atoms with E-state index in [4.69, 9.17) is 37.1 Å². The molecule has 11 nitrogen and oxygen atoms in total. The number of methoxy groups -OCH3 is 2. The number of nitrogen functional groups attached to an aromatic ring is 4. The number of ether oxygens (including phenoxy) is 3. The Morgan fingerprint density at radius 2 is 0.639 bits per heavy atom. The fourth-order valence-electron chi connectivity index (χ4n) is 9.41. The van der Waals surface area contributed by atoms with E-state index in [0.717, 1.165) is 107 Å². The van der Waals surface area contributed by atoms with Crippen LogP contribution in [0, 0.1) is 55.4 Å². The van der Waals surface area contributed by atoms with Gasteiger partial charge in [0, 0.05) is 77.1 Å². The summed E-state index contributed by atoms with van der Waals surface area (Å²) in [6.07, 6.45) is 3.04. The van der Waals surface area contributed by atoms with E-state index in [1.807, 2.05) is 135 Å². The molecule has 11 heteroatoms. The summed E-state index contributed by atoms with van der Waals surface area (Å²) in [7, 11) is 3.21. The number of aryl methyl sites for hydroxylation is 8. The number of carbonyl (C=O) groups excluding carboxylic acids is 1. The lowest BCUT2D eigenvalue weighted by molar-refractivity contribution is 0.0504. The van der Waals surface area contributed by atoms with E-state index < -0.39 is 0 Å². The molecule has 11 N–H and O–H groups in total. The summed E-state index contributed by atoms with van der Waals surface area (Å²) in [5, 5.41) is 33.8. The number of phenols is 3. The van der Waals surface area contributed by atoms with Gasteiger partial charge in [-0.05, 0) is 176 Å². The molecule has 378 valence electrons. The van der Waals surface area contributed by atoms with Crippen LogP contribution in [0.5, 0.6) is 28.7 Å². The molecular weight excluding hydrogens is 901 g/mol. The molecule has 0 aromatic heterocycles. The summed E-state index contributed by atoms with van der Waals surface area (Å²) in [5.41, 5.74) is 44.4. The molecule has 7 aromatic rings. The zero-order chi connectivity index (χ0) is 52.7. The van der Waals surface area contributed by atoms with Crippen molar-refractivity contribution < 1.29 is 34.3 Å². The third kappa shape index (κ3) is 12.6. The Morgan fingerprint density at radius 3 is 0.875 bits per heavy atom. The van der Waals surface area contributed by atoms with Gasteiger partial charge in [0.25, 0.3) is 0 Å². The standard InChI is InChI=1S/C33H38N2O4.C28H34N2O3/c1-18-7-22(8-19(2)30(18)34)11-24-14-28(38-5)16-26(32(24)36)13-27-17-29(39-6)15-25(33(27)37)12-23-9-20(3)31(35)21(4)10-23;1-6-7-33-28(32)24-14-22(12-20-8-16(2)25(29)17(3)9-20)27(31)23(15-24)13-21-10-18(4)26(30)19(5)11-21/h7-10,14-17,36-37H,11-13,34-35H2,1-6H3;8-11,14-15,31H,6-7,12-13,29-30H2,1-5H3. The van der Waals surface area contributed by atoms with Crippen molar-refractivity contribution in [1.82, 2.24) is 0 Å². The smallest absolute Gasteiger partial charge is 0.338 e. The highest BCUT2D eigenvalue weighted by Crippen LogP contribution is 2.38. The highest BCUT2D eigenvalue weighted by atomic mass is 16.5. The zero-order valence-corrected chi connectivity index (χ0v) is 43.8. The molecule has 0 saturated carbocycles. The first kappa shape index (κ1) is 53.6. The molecule has 0 aliphatic heterocycles. The molecule has 0 fully saturated rings. The first-order valence-electron chi connectivity index (χ1n) is 24.3. The number of nitrogens with two attached hydrogens (primary N) is 4. The molecule has 0 aliphatic rings. The molecular formula is C61H72N4O7. The van der Waals surface area contributed by atoms with Crippen molar-refractivity contribution >= 4 is 28.7 Å². The second kappa shape index (κ2) is 23.0. The number of phenolic OH excluding ortho intramolecular Hbond substituents is 3. The Bertz CT molecular complexity index is 2870. The Kier molecular flexibility index (Phi) is 17.1. The summed E-state index contributed by atoms with van der Waals surface area (Å²) in [6, 6.07) is 27.1. The van der Waals surface area contributed by atoms with Gasteiger partial charge in [-0.2, -0.15) is 0 Å². The third-order valence-corrected chi connectivity index (χ3v) is 13.5. The molecule has 0 aliphatic carbocycles. The Morgan fingerprint density at radius 1 is 0.403 bits per heavy atom. The van der Waals surface area contributed by atoms with Crippen molar-refractivity contribution in [2.24, 2.45) is 0 Å². The van der Waals surface area contributed by atoms with Gasteiger partial charge in [-0.3, -0.25) is 0 Å². The predicted octanol–water partition coefficient (Wildman–Crippen LogP) is 11.8. The number of benzene rings is 7. The van der Waals surface area contributed by atoms with Crippen molar-refractivity contribution in [3.05, 3.63) is 191 Å². The molecule has 0 radical (unpaired) electrons. The summed E-state index contributed by atoms with van der Waals surface area (Å²) >= 11 is 0. The van der Waals surface area contributed by atoms with E-state index in [1.54, 1.807) is 26.4 Å². The van der Waals surface area contributed by atoms with E-state index >= 15 is 0 Å². The maximum atomic E-state index is 12.7. The van der Waals surface area contributed by atoms with Gasteiger partial charge in [0.05, 0.1) is 26.4 Å². The maximum Gasteiger partial charge on any atom is 0.338 e. The fraction of sp³-hybridized carbons (Fsp3) is 0.295. The highest BCUT2D eigenvalue weighted by Gasteiger charge is 2.20. The Labute approximate surface area is 425 Å². The predicted molar refractivity (Wildman–Crippen MR) is 293 cm³/mol. The largest absolute Gasteiger partial charge is 0.507 e. The van der Waals surface area contributed by atoms with Gasteiger partial charge in [-0.15, -0.1) is 0 Å². The van der Waals surface area contributed by atoms with E-state index in [-0.39, 0.29) is 23.2 Å². The maximum absolute atomic E-state index is 12.7. The molecule has 0 amide bonds. The molecule has 0 saturated heterocycles. The summed E-state index contributed by atoms with van der Waals surface area (Å²) < 4.78 is 16.5. The lowest BCUT2D eigenvalue weighted by atomic mass is 9.92. The van der Waals surface area contributed by atoms with Crippen LogP contribution < -0.4 is 32.4 Å². The monoisotopic (exact) mass is 973 g/mol. The molecule has 0 bridgehead atoms. The molecule has 7 aromatic carbocycles. The zero-order valence-electron chi connectivity index (χ0n) is 43.8. The average Bonchev–Trinajstić information content (AvgIpc) is 3.33. The van der Waals surface area contributed by atoms with Gasteiger partial charge in [0.1, 0.15) is 28.7 Å². The highest BCUT2D eigenvalue weighted by molar-refractivity contribution is 5.90. The first-order valence-corrected chi connectivity index (χ1v) is 24.3. The van der Waals surface area contributed by atoms with Gasteiger partial charge in [0.2, 0.25) is 0 Å². The van der Waals surface area contributed by atoms with Crippen molar-refractivity contribution in [3.8, 4) is 28.7 Å². The normalized spacial score (nSPS) is 11.0. The van der Waals surface area contributed by atoms with Gasteiger partial charge in [-0.1, -0.05) is 55.5 Å². The number of esters is 1. The Hall–Kier alpha value is -7.79. The fourth-order valence-corrected chi connectivity index (χ4v) is 9.41. The quantitative estimate of drug-likeness (QED) is 0.0380. The minimum Gasteiger partial charge on any atom is -0.507 e. The van der Waals surface area contributed by atoms with Crippen LogP contribution in [-0.4, -0.2) is 42.1 Å². The van der Waals surface area contributed by atoms with Crippen LogP contribution in [0.15, 0.2) is 84.9 Å². The minimum atomic E-state index is -0.381. The molecule has 0 heterocycles. The van der Waals surface area contributed by atoms with Gasteiger partial charge < -0.3 is 52.5 Å². The van der Waals surface area contributed by atoms with Crippen LogP contribution in [0.2, 0.25) is 0 Å². The van der Waals surface area contributed by atoms with Crippen molar-refractivity contribution in [3.63, 3.8) is 0 Å². The number of hydrogen-bond acceptors (Lipinski definition) is 11. The molecule has 0 spiro atoms.